The lowest BCUT2D eigenvalue weighted by atomic mass is 10.2. The summed E-state index contributed by atoms with van der Waals surface area (Å²) in [5.41, 5.74) is 1.29. The highest BCUT2D eigenvalue weighted by Gasteiger charge is 2.11. The second-order valence-electron chi connectivity index (χ2n) is 5.34. The van der Waals surface area contributed by atoms with Crippen LogP contribution in [0, 0.1) is 6.92 Å². The highest BCUT2D eigenvalue weighted by atomic mass is 16.3. The molecule has 0 atom stereocenters. The fourth-order valence-corrected chi connectivity index (χ4v) is 1.59. The number of rotatable bonds is 6. The first-order chi connectivity index (χ1) is 7.90. The molecule has 1 aromatic rings. The maximum atomic E-state index is 5.76. The van der Waals surface area contributed by atoms with Crippen molar-refractivity contribution in [1.82, 2.24) is 10.2 Å². The van der Waals surface area contributed by atoms with Gasteiger partial charge in [-0.1, -0.05) is 13.8 Å². The molecule has 0 saturated carbocycles. The summed E-state index contributed by atoms with van der Waals surface area (Å²) in [6.07, 6.45) is 0. The van der Waals surface area contributed by atoms with Gasteiger partial charge in [0, 0.05) is 24.2 Å². The molecule has 0 aliphatic heterocycles. The lowest BCUT2D eigenvalue weighted by Crippen LogP contribution is -2.25. The third-order valence-corrected chi connectivity index (χ3v) is 3.06. The molecule has 1 heterocycles. The molecule has 0 amide bonds. The molecule has 1 rings (SSSR count). The number of furan rings is 1. The van der Waals surface area contributed by atoms with Gasteiger partial charge in [-0.25, -0.2) is 0 Å². The van der Waals surface area contributed by atoms with Crippen LogP contribution in [0.4, 0.5) is 0 Å². The Morgan fingerprint density at radius 2 is 1.94 bits per heavy atom. The van der Waals surface area contributed by atoms with Crippen LogP contribution in [0.15, 0.2) is 10.5 Å². The Morgan fingerprint density at radius 3 is 2.47 bits per heavy atom. The number of nitrogens with one attached hydrogen (secondary N) is 1. The molecule has 0 spiro atoms. The number of aryl methyl sites for hydroxylation is 1. The molecule has 0 aromatic carbocycles. The maximum absolute atomic E-state index is 5.76. The van der Waals surface area contributed by atoms with E-state index in [-0.39, 0.29) is 0 Å². The first-order valence-electron chi connectivity index (χ1n) is 6.42. The van der Waals surface area contributed by atoms with Gasteiger partial charge in [0.1, 0.15) is 11.5 Å². The fourth-order valence-electron chi connectivity index (χ4n) is 1.59. The summed E-state index contributed by atoms with van der Waals surface area (Å²) in [6.45, 7) is 12.5. The zero-order valence-corrected chi connectivity index (χ0v) is 12.0. The molecule has 1 N–H and O–H groups in total. The third-order valence-electron chi connectivity index (χ3n) is 3.06. The molecule has 0 fully saturated rings. The van der Waals surface area contributed by atoms with Crippen LogP contribution < -0.4 is 5.32 Å². The van der Waals surface area contributed by atoms with E-state index < -0.39 is 0 Å². The van der Waals surface area contributed by atoms with Gasteiger partial charge < -0.3 is 9.73 Å². The second kappa shape index (κ2) is 6.22. The summed E-state index contributed by atoms with van der Waals surface area (Å²) in [7, 11) is 2.14. The van der Waals surface area contributed by atoms with Gasteiger partial charge in [-0.15, -0.1) is 0 Å². The zero-order chi connectivity index (χ0) is 13.0. The summed E-state index contributed by atoms with van der Waals surface area (Å²) in [4.78, 5) is 2.32. The van der Waals surface area contributed by atoms with E-state index in [0.717, 1.165) is 24.6 Å². The average Bonchev–Trinajstić information content (AvgIpc) is 2.56. The number of nitrogens with zero attached hydrogens (tertiary/aromatic N) is 1. The first kappa shape index (κ1) is 14.3. The van der Waals surface area contributed by atoms with Gasteiger partial charge >= 0.3 is 0 Å². The maximum Gasteiger partial charge on any atom is 0.118 e. The fraction of sp³-hybridized carbons (Fsp3) is 0.714. The Labute approximate surface area is 105 Å². The molecular weight excluding hydrogens is 212 g/mol. The van der Waals surface area contributed by atoms with Gasteiger partial charge in [0.2, 0.25) is 0 Å². The van der Waals surface area contributed by atoms with Crippen LogP contribution in [0.25, 0.3) is 0 Å². The van der Waals surface area contributed by atoms with E-state index in [0.29, 0.717) is 12.1 Å². The van der Waals surface area contributed by atoms with Crippen LogP contribution in [0.5, 0.6) is 0 Å². The van der Waals surface area contributed by atoms with Crippen molar-refractivity contribution >= 4 is 0 Å². The Hall–Kier alpha value is -0.800. The Balaban J connectivity index is 2.62. The van der Waals surface area contributed by atoms with Crippen molar-refractivity contribution in [3.8, 4) is 0 Å². The third kappa shape index (κ3) is 4.52. The largest absolute Gasteiger partial charge is 0.465 e. The van der Waals surface area contributed by atoms with Crippen molar-refractivity contribution in [3.63, 3.8) is 0 Å². The molecular formula is C14H26N2O. The highest BCUT2D eigenvalue weighted by molar-refractivity contribution is 5.20. The van der Waals surface area contributed by atoms with Crippen LogP contribution >= 0.6 is 0 Å². The lowest BCUT2D eigenvalue weighted by Gasteiger charge is -2.20. The molecule has 0 unspecified atom stereocenters. The smallest absolute Gasteiger partial charge is 0.118 e. The Bertz CT molecular complexity index is 342. The SMILES string of the molecule is Cc1oc(CNC(C)C)cc1CN(C)C(C)C. The molecule has 98 valence electrons. The number of hydrogen-bond acceptors (Lipinski definition) is 3. The normalized spacial score (nSPS) is 12.1. The summed E-state index contributed by atoms with van der Waals surface area (Å²) in [5, 5.41) is 3.37. The molecule has 0 aliphatic carbocycles. The van der Waals surface area contributed by atoms with Crippen molar-refractivity contribution in [2.75, 3.05) is 7.05 Å². The van der Waals surface area contributed by atoms with Gasteiger partial charge in [0.05, 0.1) is 6.54 Å². The van der Waals surface area contributed by atoms with E-state index in [2.05, 4.69) is 51.0 Å². The van der Waals surface area contributed by atoms with Gasteiger partial charge in [0.15, 0.2) is 0 Å². The van der Waals surface area contributed by atoms with E-state index in [1.54, 1.807) is 0 Å². The molecule has 0 aliphatic rings. The van der Waals surface area contributed by atoms with E-state index in [9.17, 15) is 0 Å². The van der Waals surface area contributed by atoms with Crippen molar-refractivity contribution in [3.05, 3.63) is 23.2 Å². The topological polar surface area (TPSA) is 28.4 Å². The van der Waals surface area contributed by atoms with E-state index in [1.165, 1.54) is 5.56 Å². The highest BCUT2D eigenvalue weighted by Crippen LogP contribution is 2.17. The summed E-state index contributed by atoms with van der Waals surface area (Å²) >= 11 is 0. The van der Waals surface area contributed by atoms with Crippen molar-refractivity contribution < 1.29 is 4.42 Å². The average molecular weight is 238 g/mol. The van der Waals surface area contributed by atoms with Gasteiger partial charge in [-0.2, -0.15) is 0 Å². The molecule has 1 aromatic heterocycles. The number of hydrogen-bond donors (Lipinski definition) is 1. The monoisotopic (exact) mass is 238 g/mol. The quantitative estimate of drug-likeness (QED) is 0.826. The van der Waals surface area contributed by atoms with Gasteiger partial charge in [-0.05, 0) is 33.9 Å². The molecule has 3 heteroatoms. The van der Waals surface area contributed by atoms with Crippen LogP contribution in [0.3, 0.4) is 0 Å². The summed E-state index contributed by atoms with van der Waals surface area (Å²) in [5.74, 6) is 2.07. The molecule has 3 nitrogen and oxygen atoms in total. The van der Waals surface area contributed by atoms with Crippen LogP contribution in [-0.2, 0) is 13.1 Å². The Morgan fingerprint density at radius 1 is 1.29 bits per heavy atom. The zero-order valence-electron chi connectivity index (χ0n) is 12.0. The Kier molecular flexibility index (Phi) is 5.22. The van der Waals surface area contributed by atoms with E-state index >= 15 is 0 Å². The minimum Gasteiger partial charge on any atom is -0.465 e. The minimum atomic E-state index is 0.488. The standard InChI is InChI=1S/C14H26N2O/c1-10(2)15-8-14-7-13(12(5)17-14)9-16(6)11(3)4/h7,10-11,15H,8-9H2,1-6H3. The van der Waals surface area contributed by atoms with Crippen LogP contribution in [0.2, 0.25) is 0 Å². The van der Waals surface area contributed by atoms with Gasteiger partial charge in [0.25, 0.3) is 0 Å². The van der Waals surface area contributed by atoms with Crippen molar-refractivity contribution in [1.29, 1.82) is 0 Å². The second-order valence-corrected chi connectivity index (χ2v) is 5.34. The van der Waals surface area contributed by atoms with Crippen LogP contribution in [-0.4, -0.2) is 24.0 Å². The van der Waals surface area contributed by atoms with E-state index in [1.807, 2.05) is 6.92 Å². The first-order valence-corrected chi connectivity index (χ1v) is 6.42. The van der Waals surface area contributed by atoms with Gasteiger partial charge in [-0.3, -0.25) is 4.90 Å². The molecule has 0 radical (unpaired) electrons. The molecule has 0 bridgehead atoms. The predicted molar refractivity (Wildman–Crippen MR) is 72.0 cm³/mol. The van der Waals surface area contributed by atoms with Crippen LogP contribution in [0.1, 0.15) is 44.8 Å². The summed E-state index contributed by atoms with van der Waals surface area (Å²) in [6, 6.07) is 3.22. The van der Waals surface area contributed by atoms with E-state index in [4.69, 9.17) is 4.42 Å². The minimum absolute atomic E-state index is 0.488. The summed E-state index contributed by atoms with van der Waals surface area (Å²) < 4.78 is 5.76. The molecule has 17 heavy (non-hydrogen) atoms. The van der Waals surface area contributed by atoms with Crippen molar-refractivity contribution in [2.45, 2.75) is 59.8 Å². The van der Waals surface area contributed by atoms with Crippen molar-refractivity contribution in [2.24, 2.45) is 0 Å². The predicted octanol–water partition coefficient (Wildman–Crippen LogP) is 2.93. The molecule has 0 saturated heterocycles. The lowest BCUT2D eigenvalue weighted by molar-refractivity contribution is 0.264.